The zero-order chi connectivity index (χ0) is 19.2. The summed E-state index contributed by atoms with van der Waals surface area (Å²) < 4.78 is 5.19. The van der Waals surface area contributed by atoms with Gasteiger partial charge >= 0.3 is 12.2 Å². The van der Waals surface area contributed by atoms with Crippen LogP contribution < -0.4 is 10.6 Å². The Labute approximate surface area is 151 Å². The number of hydrogen-bond acceptors (Lipinski definition) is 5. The van der Waals surface area contributed by atoms with Crippen molar-refractivity contribution in [3.8, 4) is 0 Å². The quantitative estimate of drug-likeness (QED) is 0.666. The Morgan fingerprint density at radius 2 is 1.96 bits per heavy atom. The summed E-state index contributed by atoms with van der Waals surface area (Å²) in [4.78, 5) is 36.7. The lowest BCUT2D eigenvalue weighted by atomic mass is 10.2. The van der Waals surface area contributed by atoms with Gasteiger partial charge in [0.1, 0.15) is 5.60 Å². The zero-order valence-corrected chi connectivity index (χ0v) is 16.0. The maximum Gasteiger partial charge on any atom is 0.412 e. The van der Waals surface area contributed by atoms with Gasteiger partial charge in [0, 0.05) is 20.1 Å². The Bertz CT molecular complexity index is 636. The summed E-state index contributed by atoms with van der Waals surface area (Å²) in [7, 11) is 1.66. The number of carbonyl (C=O) groups is 3. The van der Waals surface area contributed by atoms with E-state index >= 15 is 0 Å². The maximum absolute atomic E-state index is 12.5. The van der Waals surface area contributed by atoms with E-state index in [1.54, 1.807) is 40.8 Å². The molecule has 0 saturated heterocycles. The summed E-state index contributed by atoms with van der Waals surface area (Å²) in [5.41, 5.74) is 0.163. The molecule has 1 aromatic rings. The minimum absolute atomic E-state index is 0.171. The molecule has 3 amide bonds. The highest BCUT2D eigenvalue weighted by molar-refractivity contribution is 7.18. The van der Waals surface area contributed by atoms with Crippen LogP contribution in [0.5, 0.6) is 0 Å². The van der Waals surface area contributed by atoms with Gasteiger partial charge in [0.05, 0.1) is 9.88 Å². The highest BCUT2D eigenvalue weighted by Gasteiger charge is 2.20. The number of anilines is 1. The van der Waals surface area contributed by atoms with E-state index in [0.717, 1.165) is 5.56 Å². The fourth-order valence-electron chi connectivity index (χ4n) is 1.95. The van der Waals surface area contributed by atoms with Crippen LogP contribution in [0.4, 0.5) is 14.6 Å². The second-order valence-corrected chi connectivity index (χ2v) is 7.61. The zero-order valence-electron chi connectivity index (χ0n) is 15.1. The average Bonchev–Trinajstić information content (AvgIpc) is 2.80. The van der Waals surface area contributed by atoms with Crippen molar-refractivity contribution < 1.29 is 24.2 Å². The molecule has 0 aliphatic carbocycles. The number of carbonyl (C=O) groups excluding carboxylic acids is 2. The van der Waals surface area contributed by atoms with E-state index in [2.05, 4.69) is 10.6 Å². The molecule has 1 rings (SSSR count). The van der Waals surface area contributed by atoms with Gasteiger partial charge in [-0.25, -0.2) is 9.59 Å². The Morgan fingerprint density at radius 3 is 2.52 bits per heavy atom. The first-order valence-electron chi connectivity index (χ1n) is 7.82. The molecule has 0 bridgehead atoms. The molecule has 8 nitrogen and oxygen atoms in total. The Hall–Kier alpha value is -2.29. The standard InChI is InChI=1S/C16H25N3O5S/c1-10-9-11(18-15(23)24-16(2,3)4)25-12(10)13(20)19(5)8-6-7-17-14(21)22/h9,17H,6-8H2,1-5H3,(H,18,23)(H,21,22). The average molecular weight is 371 g/mol. The largest absolute Gasteiger partial charge is 0.465 e. The number of ether oxygens (including phenoxy) is 1. The topological polar surface area (TPSA) is 108 Å². The number of nitrogens with zero attached hydrogens (tertiary/aromatic N) is 1. The summed E-state index contributed by atoms with van der Waals surface area (Å²) >= 11 is 1.18. The van der Waals surface area contributed by atoms with Crippen LogP contribution in [0.2, 0.25) is 0 Å². The van der Waals surface area contributed by atoms with Crippen molar-refractivity contribution >= 4 is 34.4 Å². The van der Waals surface area contributed by atoms with Gasteiger partial charge in [0.15, 0.2) is 0 Å². The molecule has 1 aromatic heterocycles. The molecule has 0 atom stereocenters. The van der Waals surface area contributed by atoms with Gasteiger partial charge in [-0.3, -0.25) is 10.1 Å². The maximum atomic E-state index is 12.5. The van der Waals surface area contributed by atoms with Gasteiger partial charge in [-0.1, -0.05) is 0 Å². The normalized spacial score (nSPS) is 10.9. The van der Waals surface area contributed by atoms with Crippen molar-refractivity contribution in [2.45, 2.75) is 39.7 Å². The third-order valence-corrected chi connectivity index (χ3v) is 4.17. The predicted octanol–water partition coefficient (Wildman–Crippen LogP) is 3.13. The SMILES string of the molecule is Cc1cc(NC(=O)OC(C)(C)C)sc1C(=O)N(C)CCCNC(=O)O. The van der Waals surface area contributed by atoms with Gasteiger partial charge < -0.3 is 20.1 Å². The van der Waals surface area contributed by atoms with E-state index in [-0.39, 0.29) is 12.5 Å². The number of thiophene rings is 1. The third kappa shape index (κ3) is 7.42. The van der Waals surface area contributed by atoms with Crippen molar-refractivity contribution in [1.29, 1.82) is 0 Å². The highest BCUT2D eigenvalue weighted by Crippen LogP contribution is 2.28. The fraction of sp³-hybridized carbons (Fsp3) is 0.562. The second-order valence-electron chi connectivity index (χ2n) is 6.56. The van der Waals surface area contributed by atoms with Crippen LogP contribution in [0.15, 0.2) is 6.07 Å². The van der Waals surface area contributed by atoms with Gasteiger partial charge in [0.2, 0.25) is 0 Å². The van der Waals surface area contributed by atoms with E-state index in [4.69, 9.17) is 9.84 Å². The van der Waals surface area contributed by atoms with E-state index < -0.39 is 17.8 Å². The lowest BCUT2D eigenvalue weighted by Crippen LogP contribution is -2.30. The molecule has 0 radical (unpaired) electrons. The number of aryl methyl sites for hydroxylation is 1. The lowest BCUT2D eigenvalue weighted by molar-refractivity contribution is 0.0636. The summed E-state index contributed by atoms with van der Waals surface area (Å²) in [6.07, 6.45) is -1.14. The second kappa shape index (κ2) is 8.70. The van der Waals surface area contributed by atoms with Crippen LogP contribution in [0.3, 0.4) is 0 Å². The van der Waals surface area contributed by atoms with E-state index in [1.807, 2.05) is 0 Å². The molecule has 0 aromatic carbocycles. The van der Waals surface area contributed by atoms with Crippen molar-refractivity contribution in [3.05, 3.63) is 16.5 Å². The first-order valence-corrected chi connectivity index (χ1v) is 8.64. The Balaban J connectivity index is 2.63. The van der Waals surface area contributed by atoms with Crippen molar-refractivity contribution in [1.82, 2.24) is 10.2 Å². The van der Waals surface area contributed by atoms with Crippen LogP contribution in [-0.2, 0) is 4.74 Å². The smallest absolute Gasteiger partial charge is 0.412 e. The minimum Gasteiger partial charge on any atom is -0.465 e. The summed E-state index contributed by atoms with van der Waals surface area (Å²) in [5.74, 6) is -0.171. The van der Waals surface area contributed by atoms with Gasteiger partial charge in [0.25, 0.3) is 5.91 Å². The van der Waals surface area contributed by atoms with Gasteiger partial charge in [-0.05, 0) is 45.7 Å². The van der Waals surface area contributed by atoms with Crippen LogP contribution in [0.1, 0.15) is 42.4 Å². The molecule has 3 N–H and O–H groups in total. The molecule has 0 aliphatic rings. The first kappa shape index (κ1) is 20.8. The van der Waals surface area contributed by atoms with Crippen molar-refractivity contribution in [3.63, 3.8) is 0 Å². The summed E-state index contributed by atoms with van der Waals surface area (Å²) in [5, 5.41) is 13.9. The number of carboxylic acid groups (broad SMARTS) is 1. The number of nitrogens with one attached hydrogen (secondary N) is 2. The molecule has 0 saturated carbocycles. The third-order valence-electron chi connectivity index (χ3n) is 3.03. The summed E-state index contributed by atoms with van der Waals surface area (Å²) in [6, 6.07) is 1.72. The van der Waals surface area contributed by atoms with Crippen LogP contribution in [0.25, 0.3) is 0 Å². The molecular weight excluding hydrogens is 346 g/mol. The number of amides is 3. The van der Waals surface area contributed by atoms with Crippen molar-refractivity contribution in [2.24, 2.45) is 0 Å². The predicted molar refractivity (Wildman–Crippen MR) is 96.5 cm³/mol. The van der Waals surface area contributed by atoms with Crippen LogP contribution >= 0.6 is 11.3 Å². The Morgan fingerprint density at radius 1 is 1.32 bits per heavy atom. The monoisotopic (exact) mass is 371 g/mol. The lowest BCUT2D eigenvalue weighted by Gasteiger charge is -2.19. The molecule has 9 heteroatoms. The van der Waals surface area contributed by atoms with Crippen LogP contribution in [0, 0.1) is 6.92 Å². The molecule has 140 valence electrons. The van der Waals surface area contributed by atoms with E-state index in [1.165, 1.54) is 16.2 Å². The Kier molecular flexibility index (Phi) is 7.22. The number of hydrogen-bond donors (Lipinski definition) is 3. The minimum atomic E-state index is -1.08. The number of rotatable bonds is 6. The molecule has 25 heavy (non-hydrogen) atoms. The van der Waals surface area contributed by atoms with E-state index in [9.17, 15) is 14.4 Å². The van der Waals surface area contributed by atoms with Gasteiger partial charge in [-0.2, -0.15) is 0 Å². The molecule has 0 spiro atoms. The summed E-state index contributed by atoms with van der Waals surface area (Å²) in [6.45, 7) is 7.82. The molecule has 1 heterocycles. The molecule has 0 fully saturated rings. The first-order chi connectivity index (χ1) is 11.5. The highest BCUT2D eigenvalue weighted by atomic mass is 32.1. The molecular formula is C16H25N3O5S. The van der Waals surface area contributed by atoms with Crippen molar-refractivity contribution in [2.75, 3.05) is 25.5 Å². The van der Waals surface area contributed by atoms with E-state index in [0.29, 0.717) is 22.8 Å². The van der Waals surface area contributed by atoms with Gasteiger partial charge in [-0.15, -0.1) is 11.3 Å². The molecule has 0 aliphatic heterocycles. The fourth-order valence-corrected chi connectivity index (χ4v) is 3.00. The van der Waals surface area contributed by atoms with Crippen LogP contribution in [-0.4, -0.2) is 53.8 Å². The molecule has 0 unspecified atom stereocenters.